The molecule has 0 bridgehead atoms. The van der Waals surface area contributed by atoms with Gasteiger partial charge in [0.05, 0.1) is 17.1 Å². The second-order valence-corrected chi connectivity index (χ2v) is 7.73. The van der Waals surface area contributed by atoms with Crippen LogP contribution in [0.5, 0.6) is 0 Å². The van der Waals surface area contributed by atoms with E-state index in [0.717, 1.165) is 30.0 Å². The number of benzene rings is 1. The molecule has 3 aromatic rings. The Morgan fingerprint density at radius 1 is 1.14 bits per heavy atom. The summed E-state index contributed by atoms with van der Waals surface area (Å²) in [6.45, 7) is 9.53. The van der Waals surface area contributed by atoms with E-state index in [9.17, 15) is 4.79 Å². The first kappa shape index (κ1) is 20.1. The van der Waals surface area contributed by atoms with Crippen molar-refractivity contribution in [1.29, 1.82) is 0 Å². The van der Waals surface area contributed by atoms with E-state index in [1.807, 2.05) is 36.7 Å². The zero-order valence-corrected chi connectivity index (χ0v) is 17.5. The van der Waals surface area contributed by atoms with Crippen LogP contribution in [0.4, 0.5) is 0 Å². The first-order chi connectivity index (χ1) is 13.4. The number of nitrogens with one attached hydrogen (secondary N) is 1. The second kappa shape index (κ2) is 9.01. The van der Waals surface area contributed by atoms with E-state index in [1.54, 1.807) is 4.68 Å². The van der Waals surface area contributed by atoms with Gasteiger partial charge in [0.1, 0.15) is 0 Å². The first-order valence-corrected chi connectivity index (χ1v) is 10.2. The van der Waals surface area contributed by atoms with E-state index >= 15 is 0 Å². The minimum Gasteiger partial charge on any atom is -0.355 e. The highest BCUT2D eigenvalue weighted by atomic mass is 32.2. The van der Waals surface area contributed by atoms with Crippen LogP contribution in [0.2, 0.25) is 0 Å². The second-order valence-electron chi connectivity index (χ2n) is 6.78. The quantitative estimate of drug-likeness (QED) is 0.462. The highest BCUT2D eigenvalue weighted by Gasteiger charge is 2.12. The van der Waals surface area contributed by atoms with Gasteiger partial charge in [0, 0.05) is 18.8 Å². The van der Waals surface area contributed by atoms with E-state index in [0.29, 0.717) is 11.7 Å². The molecule has 0 saturated carbocycles. The van der Waals surface area contributed by atoms with Crippen LogP contribution in [0.1, 0.15) is 28.9 Å². The molecule has 0 aliphatic heterocycles. The maximum atomic E-state index is 12.1. The minimum absolute atomic E-state index is 0.0343. The van der Waals surface area contributed by atoms with Gasteiger partial charge in [-0.1, -0.05) is 17.8 Å². The van der Waals surface area contributed by atoms with Crippen molar-refractivity contribution in [3.05, 3.63) is 46.8 Å². The Hall–Kier alpha value is -2.68. The van der Waals surface area contributed by atoms with Gasteiger partial charge in [0.15, 0.2) is 0 Å². The molecule has 0 radical (unpaired) electrons. The Morgan fingerprint density at radius 2 is 1.96 bits per heavy atom. The normalized spacial score (nSPS) is 11.0. The molecule has 148 valence electrons. The zero-order valence-electron chi connectivity index (χ0n) is 16.6. The van der Waals surface area contributed by atoms with Crippen molar-refractivity contribution in [2.45, 2.75) is 45.8 Å². The molecule has 0 unspecified atom stereocenters. The highest BCUT2D eigenvalue weighted by Crippen LogP contribution is 2.19. The number of aromatic nitrogens is 6. The third kappa shape index (κ3) is 4.98. The maximum Gasteiger partial charge on any atom is 0.230 e. The molecular weight excluding hydrogens is 374 g/mol. The van der Waals surface area contributed by atoms with E-state index < -0.39 is 0 Å². The summed E-state index contributed by atoms with van der Waals surface area (Å²) < 4.78 is 3.63. The molecule has 2 aromatic heterocycles. The van der Waals surface area contributed by atoms with Crippen molar-refractivity contribution in [3.63, 3.8) is 0 Å². The third-order valence-corrected chi connectivity index (χ3v) is 5.40. The van der Waals surface area contributed by atoms with Gasteiger partial charge in [-0.25, -0.2) is 0 Å². The van der Waals surface area contributed by atoms with Gasteiger partial charge < -0.3 is 5.32 Å². The Morgan fingerprint density at radius 3 is 2.68 bits per heavy atom. The monoisotopic (exact) mass is 399 g/mol. The lowest BCUT2D eigenvalue weighted by molar-refractivity contribution is -0.118. The summed E-state index contributed by atoms with van der Waals surface area (Å²) in [7, 11) is 0. The molecule has 28 heavy (non-hydrogen) atoms. The summed E-state index contributed by atoms with van der Waals surface area (Å²) in [5.41, 5.74) is 5.42. The molecule has 8 nitrogen and oxygen atoms in total. The molecule has 9 heteroatoms. The van der Waals surface area contributed by atoms with Crippen LogP contribution in [-0.4, -0.2) is 48.2 Å². The predicted molar refractivity (Wildman–Crippen MR) is 109 cm³/mol. The van der Waals surface area contributed by atoms with Gasteiger partial charge in [-0.15, -0.1) is 5.10 Å². The standard InChI is InChI=1S/C19H25N7OS/c1-13-6-7-17(10-14(13)2)26-19(21-23-24-26)28-12-18(27)20-8-5-9-25-16(4)11-15(3)22-25/h6-7,10-11H,5,8-9,12H2,1-4H3,(H,20,27). The maximum absolute atomic E-state index is 12.1. The number of carbonyl (C=O) groups excluding carboxylic acids is 1. The predicted octanol–water partition coefficient (Wildman–Crippen LogP) is 2.39. The van der Waals surface area contributed by atoms with Crippen LogP contribution in [0, 0.1) is 27.7 Å². The molecule has 0 spiro atoms. The van der Waals surface area contributed by atoms with Crippen molar-refractivity contribution in [1.82, 2.24) is 35.3 Å². The van der Waals surface area contributed by atoms with Crippen LogP contribution in [0.3, 0.4) is 0 Å². The fourth-order valence-corrected chi connectivity index (χ4v) is 3.55. The number of hydrogen-bond acceptors (Lipinski definition) is 6. The number of carbonyl (C=O) groups is 1. The molecule has 2 heterocycles. The zero-order chi connectivity index (χ0) is 20.1. The number of nitrogens with zero attached hydrogens (tertiary/aromatic N) is 6. The summed E-state index contributed by atoms with van der Waals surface area (Å²) in [5, 5.41) is 19.8. The average Bonchev–Trinajstić information content (AvgIpc) is 3.25. The van der Waals surface area contributed by atoms with Gasteiger partial charge >= 0.3 is 0 Å². The molecule has 1 aromatic carbocycles. The van der Waals surface area contributed by atoms with Gasteiger partial charge in [0.25, 0.3) is 0 Å². The molecule has 3 rings (SSSR count). The summed E-state index contributed by atoms with van der Waals surface area (Å²) >= 11 is 1.32. The van der Waals surface area contributed by atoms with E-state index in [4.69, 9.17) is 0 Å². The van der Waals surface area contributed by atoms with Crippen LogP contribution in [0.25, 0.3) is 5.69 Å². The molecule has 0 aliphatic rings. The Bertz CT molecular complexity index is 963. The molecule has 1 N–H and O–H groups in total. The lowest BCUT2D eigenvalue weighted by atomic mass is 10.1. The number of tetrazole rings is 1. The van der Waals surface area contributed by atoms with Gasteiger partial charge in [-0.05, 0) is 73.9 Å². The number of amides is 1. The number of thioether (sulfide) groups is 1. The molecular formula is C19H25N7OS. The Balaban J connectivity index is 1.47. The minimum atomic E-state index is -0.0343. The van der Waals surface area contributed by atoms with Crippen molar-refractivity contribution in [2.24, 2.45) is 0 Å². The largest absolute Gasteiger partial charge is 0.355 e. The molecule has 0 atom stereocenters. The van der Waals surface area contributed by atoms with E-state index in [-0.39, 0.29) is 11.7 Å². The van der Waals surface area contributed by atoms with E-state index in [1.165, 1.54) is 22.9 Å². The topological polar surface area (TPSA) is 90.5 Å². The fourth-order valence-electron chi connectivity index (χ4n) is 2.83. The van der Waals surface area contributed by atoms with E-state index in [2.05, 4.69) is 45.9 Å². The van der Waals surface area contributed by atoms with Crippen molar-refractivity contribution >= 4 is 17.7 Å². The molecule has 1 amide bonds. The lowest BCUT2D eigenvalue weighted by Gasteiger charge is -2.08. The third-order valence-electron chi connectivity index (χ3n) is 4.48. The number of rotatable bonds is 8. The molecule has 0 saturated heterocycles. The number of hydrogen-bond donors (Lipinski definition) is 1. The van der Waals surface area contributed by atoms with Crippen molar-refractivity contribution < 1.29 is 4.79 Å². The average molecular weight is 400 g/mol. The number of aryl methyl sites for hydroxylation is 5. The highest BCUT2D eigenvalue weighted by molar-refractivity contribution is 7.99. The molecule has 0 fully saturated rings. The summed E-state index contributed by atoms with van der Waals surface area (Å²) in [5.74, 6) is 0.235. The van der Waals surface area contributed by atoms with Crippen LogP contribution in [0.15, 0.2) is 29.4 Å². The summed E-state index contributed by atoms with van der Waals surface area (Å²) in [6.07, 6.45) is 0.832. The van der Waals surface area contributed by atoms with Crippen LogP contribution >= 0.6 is 11.8 Å². The Labute approximate surface area is 168 Å². The van der Waals surface area contributed by atoms with Crippen molar-refractivity contribution in [2.75, 3.05) is 12.3 Å². The SMILES string of the molecule is Cc1cc(C)n(CCCNC(=O)CSc2nnnn2-c2ccc(C)c(C)c2)n1. The summed E-state index contributed by atoms with van der Waals surface area (Å²) in [4.78, 5) is 12.1. The first-order valence-electron chi connectivity index (χ1n) is 9.20. The van der Waals surface area contributed by atoms with Gasteiger partial charge in [0.2, 0.25) is 11.1 Å². The summed E-state index contributed by atoms with van der Waals surface area (Å²) in [6, 6.07) is 8.10. The van der Waals surface area contributed by atoms with Gasteiger partial charge in [-0.3, -0.25) is 9.48 Å². The fraction of sp³-hybridized carbons (Fsp3) is 0.421. The molecule has 0 aliphatic carbocycles. The lowest BCUT2D eigenvalue weighted by Crippen LogP contribution is -2.27. The van der Waals surface area contributed by atoms with Crippen molar-refractivity contribution in [3.8, 4) is 5.69 Å². The van der Waals surface area contributed by atoms with Crippen LogP contribution in [-0.2, 0) is 11.3 Å². The van der Waals surface area contributed by atoms with Gasteiger partial charge in [-0.2, -0.15) is 9.78 Å². The smallest absolute Gasteiger partial charge is 0.230 e. The Kier molecular flexibility index (Phi) is 6.45. The van der Waals surface area contributed by atoms with Crippen LogP contribution < -0.4 is 5.32 Å².